The fraction of sp³-hybridized carbons (Fsp3) is 0.571. The van der Waals surface area contributed by atoms with Crippen molar-refractivity contribution in [2.24, 2.45) is 0 Å². The topological polar surface area (TPSA) is 12.0 Å². The largest absolute Gasteiger partial charge is 0.419 e. The first-order valence-electron chi connectivity index (χ1n) is 6.41. The van der Waals surface area contributed by atoms with E-state index < -0.39 is 17.6 Å². The van der Waals surface area contributed by atoms with Gasteiger partial charge in [0.15, 0.2) is 0 Å². The molecule has 1 fully saturated rings. The van der Waals surface area contributed by atoms with Crippen LogP contribution in [0.5, 0.6) is 0 Å². The normalized spacial score (nSPS) is 19.3. The fourth-order valence-corrected chi connectivity index (χ4v) is 2.10. The number of hydrogen-bond acceptors (Lipinski definition) is 1. The molecule has 0 amide bonds. The molecule has 0 aliphatic heterocycles. The molecule has 0 aromatic heterocycles. The molecule has 1 saturated carbocycles. The molecule has 0 radical (unpaired) electrons. The van der Waals surface area contributed by atoms with E-state index in [1.165, 1.54) is 6.07 Å². The molecule has 0 heterocycles. The van der Waals surface area contributed by atoms with Crippen LogP contribution in [0.4, 0.5) is 17.6 Å². The van der Waals surface area contributed by atoms with Crippen LogP contribution >= 0.6 is 0 Å². The highest BCUT2D eigenvalue weighted by molar-refractivity contribution is 5.30. The second-order valence-electron chi connectivity index (χ2n) is 5.26. The second-order valence-corrected chi connectivity index (χ2v) is 5.26. The quantitative estimate of drug-likeness (QED) is 0.816. The zero-order chi connectivity index (χ0) is 14.2. The van der Waals surface area contributed by atoms with Crippen LogP contribution in [0.15, 0.2) is 18.2 Å². The van der Waals surface area contributed by atoms with Crippen LogP contribution in [0.2, 0.25) is 0 Å². The maximum Gasteiger partial charge on any atom is 0.419 e. The van der Waals surface area contributed by atoms with Crippen molar-refractivity contribution in [3.05, 3.63) is 35.1 Å². The molecule has 2 atom stereocenters. The van der Waals surface area contributed by atoms with Crippen molar-refractivity contribution in [2.45, 2.75) is 50.9 Å². The monoisotopic (exact) mass is 275 g/mol. The van der Waals surface area contributed by atoms with Crippen molar-refractivity contribution in [1.29, 1.82) is 0 Å². The van der Waals surface area contributed by atoms with Crippen LogP contribution in [-0.2, 0) is 6.18 Å². The molecule has 1 nitrogen and oxygen atoms in total. The average molecular weight is 275 g/mol. The summed E-state index contributed by atoms with van der Waals surface area (Å²) in [4.78, 5) is 0. The molecule has 1 aliphatic carbocycles. The lowest BCUT2D eigenvalue weighted by Gasteiger charge is -2.22. The van der Waals surface area contributed by atoms with Crippen molar-refractivity contribution in [2.75, 3.05) is 0 Å². The maximum atomic E-state index is 13.2. The molecule has 1 aromatic carbocycles. The summed E-state index contributed by atoms with van der Waals surface area (Å²) in [6, 6.07) is 3.81. The Kier molecular flexibility index (Phi) is 3.85. The van der Waals surface area contributed by atoms with E-state index in [0.29, 0.717) is 11.6 Å². The molecule has 106 valence electrons. The Morgan fingerprint density at radius 1 is 1.21 bits per heavy atom. The van der Waals surface area contributed by atoms with E-state index in [9.17, 15) is 17.6 Å². The smallest absolute Gasteiger partial charge is 0.311 e. The van der Waals surface area contributed by atoms with Gasteiger partial charge >= 0.3 is 6.18 Å². The van der Waals surface area contributed by atoms with Gasteiger partial charge in [0.1, 0.15) is 5.82 Å². The van der Waals surface area contributed by atoms with Gasteiger partial charge in [0, 0.05) is 12.1 Å². The minimum absolute atomic E-state index is 0.0686. The maximum absolute atomic E-state index is 13.2. The summed E-state index contributed by atoms with van der Waals surface area (Å²) >= 11 is 0. The summed E-state index contributed by atoms with van der Waals surface area (Å²) in [5.41, 5.74) is -0.676. The van der Waals surface area contributed by atoms with Gasteiger partial charge in [-0.2, -0.15) is 13.2 Å². The van der Waals surface area contributed by atoms with Gasteiger partial charge in [0.05, 0.1) is 5.56 Å². The van der Waals surface area contributed by atoms with Gasteiger partial charge in [0.25, 0.3) is 0 Å². The highest BCUT2D eigenvalue weighted by Gasteiger charge is 2.35. The molecule has 1 aromatic rings. The molecule has 0 saturated heterocycles. The molecule has 19 heavy (non-hydrogen) atoms. The zero-order valence-corrected chi connectivity index (χ0v) is 10.9. The number of alkyl halides is 3. The molecular weight excluding hydrogens is 258 g/mol. The minimum atomic E-state index is -4.65. The van der Waals surface area contributed by atoms with Crippen molar-refractivity contribution in [3.8, 4) is 0 Å². The Morgan fingerprint density at radius 2 is 1.84 bits per heavy atom. The summed E-state index contributed by atoms with van der Waals surface area (Å²) in [5, 5.41) is 3.35. The van der Waals surface area contributed by atoms with Crippen LogP contribution in [0.25, 0.3) is 0 Å². The van der Waals surface area contributed by atoms with Gasteiger partial charge in [-0.1, -0.05) is 13.0 Å². The van der Waals surface area contributed by atoms with Gasteiger partial charge < -0.3 is 5.32 Å². The molecule has 0 spiro atoms. The predicted octanol–water partition coefficient (Wildman–Crippen LogP) is 4.09. The van der Waals surface area contributed by atoms with E-state index in [1.54, 1.807) is 0 Å². The Balaban J connectivity index is 2.19. The summed E-state index contributed by atoms with van der Waals surface area (Å²) < 4.78 is 51.2. The standard InChI is InChI=1S/C14H17F4N/c1-8(9(2)19-11-4-5-11)10-3-6-13(15)12(7-10)14(16,17)18/h3,6-9,11,19H,4-5H2,1-2H3. The highest BCUT2D eigenvalue weighted by atomic mass is 19.4. The number of halogens is 4. The summed E-state index contributed by atoms with van der Waals surface area (Å²) in [7, 11) is 0. The lowest BCUT2D eigenvalue weighted by Crippen LogP contribution is -2.32. The second kappa shape index (κ2) is 5.12. The number of nitrogens with one attached hydrogen (secondary N) is 1. The van der Waals surface area contributed by atoms with Gasteiger partial charge in [-0.15, -0.1) is 0 Å². The van der Waals surface area contributed by atoms with Gasteiger partial charge in [-0.25, -0.2) is 4.39 Å². The third-order valence-electron chi connectivity index (χ3n) is 3.65. The number of hydrogen-bond donors (Lipinski definition) is 1. The van der Waals surface area contributed by atoms with E-state index in [1.807, 2.05) is 13.8 Å². The summed E-state index contributed by atoms with van der Waals surface area (Å²) in [6.07, 6.45) is -2.41. The number of rotatable bonds is 4. The molecule has 1 N–H and O–H groups in total. The molecule has 2 unspecified atom stereocenters. The van der Waals surface area contributed by atoms with Crippen molar-refractivity contribution < 1.29 is 17.6 Å². The minimum Gasteiger partial charge on any atom is -0.311 e. The molecule has 2 rings (SSSR count). The first kappa shape index (κ1) is 14.3. The highest BCUT2D eigenvalue weighted by Crippen LogP contribution is 2.34. The lowest BCUT2D eigenvalue weighted by atomic mass is 9.92. The molecule has 5 heteroatoms. The van der Waals surface area contributed by atoms with Crippen molar-refractivity contribution in [3.63, 3.8) is 0 Å². The SMILES string of the molecule is CC(NC1CC1)C(C)c1ccc(F)c(C(F)(F)F)c1. The Labute approximate surface area is 110 Å². The van der Waals surface area contributed by atoms with E-state index in [2.05, 4.69) is 5.32 Å². The Bertz CT molecular complexity index is 451. The first-order valence-corrected chi connectivity index (χ1v) is 6.41. The molecule has 0 bridgehead atoms. The predicted molar refractivity (Wildman–Crippen MR) is 65.4 cm³/mol. The third kappa shape index (κ3) is 3.47. The summed E-state index contributed by atoms with van der Waals surface area (Å²) in [6.45, 7) is 3.80. The van der Waals surface area contributed by atoms with Crippen LogP contribution in [0.3, 0.4) is 0 Å². The van der Waals surface area contributed by atoms with E-state index in [-0.39, 0.29) is 12.0 Å². The van der Waals surface area contributed by atoms with Crippen LogP contribution in [0.1, 0.15) is 43.7 Å². The van der Waals surface area contributed by atoms with Crippen LogP contribution in [-0.4, -0.2) is 12.1 Å². The van der Waals surface area contributed by atoms with Crippen molar-refractivity contribution >= 4 is 0 Å². The Hall–Kier alpha value is -1.10. The Morgan fingerprint density at radius 3 is 2.37 bits per heavy atom. The van der Waals surface area contributed by atoms with Crippen LogP contribution < -0.4 is 5.32 Å². The van der Waals surface area contributed by atoms with E-state index >= 15 is 0 Å². The van der Waals surface area contributed by atoms with Gasteiger partial charge in [-0.3, -0.25) is 0 Å². The summed E-state index contributed by atoms with van der Waals surface area (Å²) in [5.74, 6) is -1.31. The van der Waals surface area contributed by atoms with E-state index in [4.69, 9.17) is 0 Å². The molecular formula is C14H17F4N. The van der Waals surface area contributed by atoms with E-state index in [0.717, 1.165) is 25.0 Å². The lowest BCUT2D eigenvalue weighted by molar-refractivity contribution is -0.140. The zero-order valence-electron chi connectivity index (χ0n) is 10.9. The van der Waals surface area contributed by atoms with Crippen molar-refractivity contribution in [1.82, 2.24) is 5.32 Å². The fourth-order valence-electron chi connectivity index (χ4n) is 2.10. The van der Waals surface area contributed by atoms with Gasteiger partial charge in [-0.05, 0) is 43.4 Å². The van der Waals surface area contributed by atoms with Crippen LogP contribution in [0, 0.1) is 5.82 Å². The number of benzene rings is 1. The third-order valence-corrected chi connectivity index (χ3v) is 3.65. The first-order chi connectivity index (χ1) is 8.79. The van der Waals surface area contributed by atoms with Gasteiger partial charge in [0.2, 0.25) is 0 Å². The average Bonchev–Trinajstić information content (AvgIpc) is 3.11. The molecule has 1 aliphatic rings.